The number of benzene rings is 2. The minimum Gasteiger partial charge on any atom is -0.478 e. The van der Waals surface area contributed by atoms with Crippen LogP contribution in [0.5, 0.6) is 0 Å². The second kappa shape index (κ2) is 5.69. The Morgan fingerprint density at radius 3 is 2.73 bits per heavy atom. The topological polar surface area (TPSA) is 78.9 Å². The van der Waals surface area contributed by atoms with Crippen molar-refractivity contribution < 1.29 is 14.3 Å². The summed E-state index contributed by atoms with van der Waals surface area (Å²) in [5, 5.41) is 14.8. The molecule has 0 radical (unpaired) electrons. The third kappa shape index (κ3) is 2.67. The molecule has 3 rings (SSSR count). The number of para-hydroxylation sites is 2. The molecule has 0 fully saturated rings. The van der Waals surface area contributed by atoms with E-state index in [4.69, 9.17) is 9.52 Å². The third-order valence-electron chi connectivity index (χ3n) is 3.12. The van der Waals surface area contributed by atoms with Gasteiger partial charge in [-0.15, -0.1) is 0 Å². The van der Waals surface area contributed by atoms with Crippen LogP contribution >= 0.6 is 0 Å². The Morgan fingerprint density at radius 1 is 1.23 bits per heavy atom. The maximum Gasteiger partial charge on any atom is 0.336 e. The SMILES string of the molecule is CN(/N=C\c1ccccc1C(=O)O)c1nc2ccccc2o1. The summed E-state index contributed by atoms with van der Waals surface area (Å²) in [5.41, 5.74) is 2.12. The number of hydrazone groups is 1. The summed E-state index contributed by atoms with van der Waals surface area (Å²) in [6, 6.07) is 14.4. The number of nitrogens with zero attached hydrogens (tertiary/aromatic N) is 3. The highest BCUT2D eigenvalue weighted by molar-refractivity contribution is 5.98. The molecule has 3 aromatic rings. The van der Waals surface area contributed by atoms with Crippen LogP contribution in [0.15, 0.2) is 58.0 Å². The van der Waals surface area contributed by atoms with Gasteiger partial charge in [-0.05, 0) is 18.2 Å². The molecule has 0 aliphatic carbocycles. The average molecular weight is 295 g/mol. The Balaban J connectivity index is 1.87. The smallest absolute Gasteiger partial charge is 0.336 e. The molecular formula is C16H13N3O3. The number of carbonyl (C=O) groups is 1. The number of carboxylic acid groups (broad SMARTS) is 1. The van der Waals surface area contributed by atoms with Gasteiger partial charge in [0, 0.05) is 12.6 Å². The predicted octanol–water partition coefficient (Wildman–Crippen LogP) is 3.00. The fourth-order valence-corrected chi connectivity index (χ4v) is 2.00. The fraction of sp³-hybridized carbons (Fsp3) is 0.0625. The van der Waals surface area contributed by atoms with Gasteiger partial charge in [0.1, 0.15) is 5.52 Å². The highest BCUT2D eigenvalue weighted by Gasteiger charge is 2.10. The largest absolute Gasteiger partial charge is 0.478 e. The highest BCUT2D eigenvalue weighted by atomic mass is 16.4. The lowest BCUT2D eigenvalue weighted by Crippen LogP contribution is -2.10. The Kier molecular flexibility index (Phi) is 3.57. The first kappa shape index (κ1) is 13.8. The van der Waals surface area contributed by atoms with Crippen LogP contribution in [0.2, 0.25) is 0 Å². The van der Waals surface area contributed by atoms with Crippen molar-refractivity contribution in [3.8, 4) is 0 Å². The maximum absolute atomic E-state index is 11.1. The van der Waals surface area contributed by atoms with E-state index < -0.39 is 5.97 Å². The standard InChI is InChI=1S/C16H13N3O3/c1-19(16-18-13-8-4-5-9-14(13)22-16)17-10-11-6-2-3-7-12(11)15(20)21/h2-10H,1H3,(H,20,21)/b17-10-. The Bertz CT molecular complexity index is 821. The number of anilines is 1. The van der Waals surface area contributed by atoms with Crippen LogP contribution in [-0.2, 0) is 0 Å². The van der Waals surface area contributed by atoms with E-state index in [-0.39, 0.29) is 5.56 Å². The zero-order chi connectivity index (χ0) is 15.5. The van der Waals surface area contributed by atoms with Gasteiger partial charge in [-0.3, -0.25) is 0 Å². The first-order valence-electron chi connectivity index (χ1n) is 6.61. The van der Waals surface area contributed by atoms with E-state index in [0.29, 0.717) is 17.2 Å². The van der Waals surface area contributed by atoms with Crippen LogP contribution in [0.4, 0.5) is 6.01 Å². The van der Waals surface area contributed by atoms with E-state index >= 15 is 0 Å². The lowest BCUT2D eigenvalue weighted by Gasteiger charge is -2.07. The summed E-state index contributed by atoms with van der Waals surface area (Å²) in [6.45, 7) is 0. The maximum atomic E-state index is 11.1. The zero-order valence-electron chi connectivity index (χ0n) is 11.8. The van der Waals surface area contributed by atoms with Crippen molar-refractivity contribution in [2.45, 2.75) is 0 Å². The second-order valence-electron chi connectivity index (χ2n) is 4.62. The van der Waals surface area contributed by atoms with Crippen molar-refractivity contribution in [3.63, 3.8) is 0 Å². The van der Waals surface area contributed by atoms with Crippen LogP contribution in [-0.4, -0.2) is 29.3 Å². The third-order valence-corrected chi connectivity index (χ3v) is 3.12. The van der Waals surface area contributed by atoms with Crippen molar-refractivity contribution in [1.82, 2.24) is 4.98 Å². The monoisotopic (exact) mass is 295 g/mol. The van der Waals surface area contributed by atoms with Gasteiger partial charge in [-0.2, -0.15) is 10.1 Å². The first-order chi connectivity index (χ1) is 10.6. The normalized spacial score (nSPS) is 11.1. The molecule has 1 aromatic heterocycles. The lowest BCUT2D eigenvalue weighted by molar-refractivity contribution is 0.0697. The van der Waals surface area contributed by atoms with Crippen molar-refractivity contribution >= 4 is 29.3 Å². The number of oxazole rings is 1. The van der Waals surface area contributed by atoms with Crippen molar-refractivity contribution in [2.24, 2.45) is 5.10 Å². The van der Waals surface area contributed by atoms with E-state index in [9.17, 15) is 4.79 Å². The van der Waals surface area contributed by atoms with Crippen LogP contribution < -0.4 is 5.01 Å². The van der Waals surface area contributed by atoms with Gasteiger partial charge in [-0.1, -0.05) is 30.3 Å². The molecule has 110 valence electrons. The molecule has 1 N–H and O–H groups in total. The Labute approximate surface area is 126 Å². The van der Waals surface area contributed by atoms with Gasteiger partial charge >= 0.3 is 12.0 Å². The van der Waals surface area contributed by atoms with Crippen LogP contribution in [0.1, 0.15) is 15.9 Å². The minimum absolute atomic E-state index is 0.192. The first-order valence-corrected chi connectivity index (χ1v) is 6.61. The van der Waals surface area contributed by atoms with E-state index in [0.717, 1.165) is 5.52 Å². The average Bonchev–Trinajstić information content (AvgIpc) is 2.97. The number of hydrogen-bond donors (Lipinski definition) is 1. The number of aromatic nitrogens is 1. The molecule has 0 amide bonds. The molecule has 0 saturated carbocycles. The molecule has 0 aliphatic heterocycles. The lowest BCUT2D eigenvalue weighted by atomic mass is 10.1. The van der Waals surface area contributed by atoms with Crippen molar-refractivity contribution in [1.29, 1.82) is 0 Å². The number of aromatic carboxylic acids is 1. The molecule has 0 saturated heterocycles. The van der Waals surface area contributed by atoms with Gasteiger partial charge < -0.3 is 9.52 Å². The summed E-state index contributed by atoms with van der Waals surface area (Å²) in [5.74, 6) is -0.994. The Hall–Kier alpha value is -3.15. The fourth-order valence-electron chi connectivity index (χ4n) is 2.00. The number of fused-ring (bicyclic) bond motifs is 1. The summed E-state index contributed by atoms with van der Waals surface area (Å²) in [4.78, 5) is 15.5. The molecular weight excluding hydrogens is 282 g/mol. The van der Waals surface area contributed by atoms with Gasteiger partial charge in [0.25, 0.3) is 0 Å². The van der Waals surface area contributed by atoms with Crippen molar-refractivity contribution in [2.75, 3.05) is 12.1 Å². The quantitative estimate of drug-likeness (QED) is 0.591. The van der Waals surface area contributed by atoms with E-state index in [2.05, 4.69) is 10.1 Å². The van der Waals surface area contributed by atoms with Crippen LogP contribution in [0.3, 0.4) is 0 Å². The zero-order valence-corrected chi connectivity index (χ0v) is 11.8. The highest BCUT2D eigenvalue weighted by Crippen LogP contribution is 2.20. The summed E-state index contributed by atoms with van der Waals surface area (Å²) in [6.07, 6.45) is 1.47. The Morgan fingerprint density at radius 2 is 1.95 bits per heavy atom. The number of carboxylic acids is 1. The van der Waals surface area contributed by atoms with Gasteiger partial charge in [0.05, 0.1) is 11.8 Å². The van der Waals surface area contributed by atoms with Gasteiger partial charge in [0.15, 0.2) is 5.58 Å². The van der Waals surface area contributed by atoms with Crippen molar-refractivity contribution in [3.05, 3.63) is 59.7 Å². The molecule has 6 nitrogen and oxygen atoms in total. The second-order valence-corrected chi connectivity index (χ2v) is 4.62. The predicted molar refractivity (Wildman–Crippen MR) is 83.4 cm³/mol. The van der Waals surface area contributed by atoms with Gasteiger partial charge in [0.2, 0.25) is 0 Å². The van der Waals surface area contributed by atoms with Crippen LogP contribution in [0.25, 0.3) is 11.1 Å². The summed E-state index contributed by atoms with van der Waals surface area (Å²) in [7, 11) is 1.69. The molecule has 6 heteroatoms. The molecule has 0 unspecified atom stereocenters. The summed E-state index contributed by atoms with van der Waals surface area (Å²) < 4.78 is 5.58. The molecule has 22 heavy (non-hydrogen) atoms. The molecule has 2 aromatic carbocycles. The van der Waals surface area contributed by atoms with Gasteiger partial charge in [-0.25, -0.2) is 9.80 Å². The molecule has 1 heterocycles. The molecule has 0 bridgehead atoms. The molecule has 0 atom stereocenters. The van der Waals surface area contributed by atoms with E-state index in [1.54, 1.807) is 25.2 Å². The van der Waals surface area contributed by atoms with E-state index in [1.165, 1.54) is 17.3 Å². The molecule has 0 spiro atoms. The number of hydrogen-bond acceptors (Lipinski definition) is 5. The van der Waals surface area contributed by atoms with Crippen LogP contribution in [0, 0.1) is 0 Å². The number of rotatable bonds is 4. The van der Waals surface area contributed by atoms with E-state index in [1.807, 2.05) is 24.3 Å². The minimum atomic E-state index is -0.994. The summed E-state index contributed by atoms with van der Waals surface area (Å²) >= 11 is 0. The molecule has 0 aliphatic rings.